The van der Waals surface area contributed by atoms with Gasteiger partial charge in [-0.2, -0.15) is 0 Å². The molecular weight excluding hydrogens is 367 g/mol. The molecule has 1 saturated heterocycles. The number of hydrogen-bond acceptors (Lipinski definition) is 3. The van der Waals surface area contributed by atoms with Gasteiger partial charge < -0.3 is 15.4 Å². The zero-order chi connectivity index (χ0) is 20.6. The lowest BCUT2D eigenvalue weighted by Gasteiger charge is -2.35. The molecule has 6 heteroatoms. The van der Waals surface area contributed by atoms with E-state index in [1.54, 1.807) is 19.2 Å². The van der Waals surface area contributed by atoms with Crippen LogP contribution in [0.4, 0.5) is 4.39 Å². The first-order valence-corrected chi connectivity index (χ1v) is 10.2. The molecule has 0 radical (unpaired) electrons. The molecule has 1 fully saturated rings. The molecule has 0 aromatic heterocycles. The Morgan fingerprint density at radius 2 is 1.62 bits per heavy atom. The monoisotopic (exact) mass is 398 g/mol. The highest BCUT2D eigenvalue weighted by Crippen LogP contribution is 2.15. The van der Waals surface area contributed by atoms with Crippen LogP contribution in [0.5, 0.6) is 0 Å². The first kappa shape index (κ1) is 21.3. The second-order valence-corrected chi connectivity index (χ2v) is 7.64. The average Bonchev–Trinajstić information content (AvgIpc) is 2.70. The first-order valence-electron chi connectivity index (χ1n) is 10.2. The van der Waals surface area contributed by atoms with Crippen LogP contribution >= 0.6 is 0 Å². The molecule has 0 amide bonds. The number of ether oxygens (including phenoxy) is 1. The fourth-order valence-corrected chi connectivity index (χ4v) is 3.66. The van der Waals surface area contributed by atoms with Crippen LogP contribution < -0.4 is 10.6 Å². The van der Waals surface area contributed by atoms with Crippen molar-refractivity contribution in [3.8, 4) is 0 Å². The molecule has 1 aliphatic rings. The van der Waals surface area contributed by atoms with Gasteiger partial charge in [0.25, 0.3) is 0 Å². The Morgan fingerprint density at radius 1 is 1.00 bits per heavy atom. The van der Waals surface area contributed by atoms with Crippen molar-refractivity contribution in [3.05, 3.63) is 71.0 Å². The lowest BCUT2D eigenvalue weighted by atomic mass is 10.1. The third-order valence-electron chi connectivity index (χ3n) is 5.01. The fraction of sp³-hybridized carbons (Fsp3) is 0.435. The Morgan fingerprint density at radius 3 is 2.28 bits per heavy atom. The Labute approximate surface area is 173 Å². The number of rotatable bonds is 6. The number of nitrogens with one attached hydrogen (secondary N) is 2. The summed E-state index contributed by atoms with van der Waals surface area (Å²) in [6, 6.07) is 15.4. The van der Waals surface area contributed by atoms with Gasteiger partial charge in [-0.05, 0) is 31.0 Å². The highest BCUT2D eigenvalue weighted by Gasteiger charge is 2.21. The van der Waals surface area contributed by atoms with Crippen molar-refractivity contribution in [1.82, 2.24) is 15.5 Å². The molecule has 0 saturated carbocycles. The minimum absolute atomic E-state index is 0.213. The summed E-state index contributed by atoms with van der Waals surface area (Å²) in [5.74, 6) is 0.434. The van der Waals surface area contributed by atoms with Gasteiger partial charge in [0.15, 0.2) is 5.96 Å². The third kappa shape index (κ3) is 6.54. The molecule has 2 aromatic rings. The van der Waals surface area contributed by atoms with Crippen molar-refractivity contribution in [1.29, 1.82) is 0 Å². The average molecular weight is 399 g/mol. The molecule has 1 aliphatic heterocycles. The predicted molar refractivity (Wildman–Crippen MR) is 115 cm³/mol. The van der Waals surface area contributed by atoms with Gasteiger partial charge in [-0.3, -0.25) is 9.89 Å². The number of nitrogens with zero attached hydrogens (tertiary/aromatic N) is 2. The van der Waals surface area contributed by atoms with Crippen molar-refractivity contribution in [2.75, 3.05) is 20.1 Å². The second kappa shape index (κ2) is 10.4. The van der Waals surface area contributed by atoms with E-state index in [4.69, 9.17) is 4.74 Å². The van der Waals surface area contributed by atoms with E-state index < -0.39 is 0 Å². The topological polar surface area (TPSA) is 48.9 Å². The lowest BCUT2D eigenvalue weighted by molar-refractivity contribution is -0.0704. The van der Waals surface area contributed by atoms with Crippen molar-refractivity contribution < 1.29 is 9.13 Å². The number of hydrogen-bond donors (Lipinski definition) is 2. The molecule has 3 rings (SSSR count). The summed E-state index contributed by atoms with van der Waals surface area (Å²) in [6.45, 7) is 8.19. The molecule has 0 bridgehead atoms. The molecular formula is C23H31FN4O. The van der Waals surface area contributed by atoms with Crippen LogP contribution in [0.2, 0.25) is 0 Å². The van der Waals surface area contributed by atoms with Gasteiger partial charge in [0, 0.05) is 45.3 Å². The van der Waals surface area contributed by atoms with Crippen LogP contribution in [0.15, 0.2) is 53.5 Å². The maximum absolute atomic E-state index is 13.7. The van der Waals surface area contributed by atoms with E-state index in [1.165, 1.54) is 17.2 Å². The summed E-state index contributed by atoms with van der Waals surface area (Å²) in [7, 11) is 1.71. The summed E-state index contributed by atoms with van der Waals surface area (Å²) in [5, 5.41) is 6.43. The van der Waals surface area contributed by atoms with E-state index in [1.807, 2.05) is 6.07 Å². The smallest absolute Gasteiger partial charge is 0.191 e. The van der Waals surface area contributed by atoms with E-state index >= 15 is 0 Å². The van der Waals surface area contributed by atoms with Crippen molar-refractivity contribution >= 4 is 5.96 Å². The van der Waals surface area contributed by atoms with Gasteiger partial charge in [-0.15, -0.1) is 0 Å². The highest BCUT2D eigenvalue weighted by molar-refractivity contribution is 5.79. The molecule has 0 aliphatic carbocycles. The summed E-state index contributed by atoms with van der Waals surface area (Å²) in [5.41, 5.74) is 3.09. The van der Waals surface area contributed by atoms with E-state index in [9.17, 15) is 4.39 Å². The molecule has 2 N–H and O–H groups in total. The predicted octanol–water partition coefficient (Wildman–Crippen LogP) is 3.30. The third-order valence-corrected chi connectivity index (χ3v) is 5.01. The molecule has 2 unspecified atom stereocenters. The molecule has 29 heavy (non-hydrogen) atoms. The number of halogens is 1. The van der Waals surface area contributed by atoms with Crippen LogP contribution in [-0.2, 0) is 24.4 Å². The lowest BCUT2D eigenvalue weighted by Crippen LogP contribution is -2.44. The maximum Gasteiger partial charge on any atom is 0.191 e. The van der Waals surface area contributed by atoms with Gasteiger partial charge in [0.1, 0.15) is 5.82 Å². The van der Waals surface area contributed by atoms with Crippen LogP contribution in [0.25, 0.3) is 0 Å². The summed E-state index contributed by atoms with van der Waals surface area (Å²) >= 11 is 0. The fourth-order valence-electron chi connectivity index (χ4n) is 3.66. The summed E-state index contributed by atoms with van der Waals surface area (Å²) in [6.07, 6.45) is 0.566. The van der Waals surface area contributed by atoms with Gasteiger partial charge in [0.05, 0.1) is 12.2 Å². The summed E-state index contributed by atoms with van der Waals surface area (Å²) in [4.78, 5) is 6.66. The number of benzene rings is 2. The van der Waals surface area contributed by atoms with Gasteiger partial charge in [-0.25, -0.2) is 4.39 Å². The van der Waals surface area contributed by atoms with Crippen molar-refractivity contribution in [2.45, 2.75) is 45.7 Å². The number of guanidine groups is 1. The van der Waals surface area contributed by atoms with Crippen LogP contribution in [0.3, 0.4) is 0 Å². The largest absolute Gasteiger partial charge is 0.373 e. The van der Waals surface area contributed by atoms with E-state index in [0.29, 0.717) is 24.6 Å². The Hall–Kier alpha value is -2.44. The quantitative estimate of drug-likeness (QED) is 0.579. The molecule has 2 atom stereocenters. The standard InChI is InChI=1S/C23H31FN4O/c1-17-14-28(15-18(2)29-17)16-20-10-8-19(9-11-20)12-26-23(25-3)27-13-21-6-4-5-7-22(21)24/h4-11,17-18H,12-16H2,1-3H3,(H2,25,26,27). The van der Waals surface area contributed by atoms with E-state index in [-0.39, 0.29) is 18.0 Å². The minimum atomic E-state index is -0.213. The molecule has 2 aromatic carbocycles. The van der Waals surface area contributed by atoms with Crippen molar-refractivity contribution in [3.63, 3.8) is 0 Å². The summed E-state index contributed by atoms with van der Waals surface area (Å²) < 4.78 is 19.5. The Bertz CT molecular complexity index is 799. The Kier molecular flexibility index (Phi) is 7.61. The first-order chi connectivity index (χ1) is 14.0. The molecule has 5 nitrogen and oxygen atoms in total. The zero-order valence-electron chi connectivity index (χ0n) is 17.5. The second-order valence-electron chi connectivity index (χ2n) is 7.64. The van der Waals surface area contributed by atoms with Crippen LogP contribution in [-0.4, -0.2) is 43.2 Å². The van der Waals surface area contributed by atoms with Gasteiger partial charge in [-0.1, -0.05) is 42.5 Å². The molecule has 1 heterocycles. The number of morpholine rings is 1. The van der Waals surface area contributed by atoms with Gasteiger partial charge >= 0.3 is 0 Å². The van der Waals surface area contributed by atoms with Crippen LogP contribution in [0, 0.1) is 5.82 Å². The van der Waals surface area contributed by atoms with Crippen LogP contribution in [0.1, 0.15) is 30.5 Å². The van der Waals surface area contributed by atoms with Crippen molar-refractivity contribution in [2.24, 2.45) is 4.99 Å². The highest BCUT2D eigenvalue weighted by atomic mass is 19.1. The molecule has 0 spiro atoms. The van der Waals surface area contributed by atoms with E-state index in [2.05, 4.69) is 58.6 Å². The minimum Gasteiger partial charge on any atom is -0.373 e. The van der Waals surface area contributed by atoms with Gasteiger partial charge in [0.2, 0.25) is 0 Å². The number of aliphatic imine (C=N–C) groups is 1. The SMILES string of the molecule is CN=C(NCc1ccc(CN2CC(C)OC(C)C2)cc1)NCc1ccccc1F. The normalized spacial score (nSPS) is 20.5. The maximum atomic E-state index is 13.7. The molecule has 156 valence electrons. The van der Waals surface area contributed by atoms with E-state index in [0.717, 1.165) is 19.6 Å². The Balaban J connectivity index is 1.47. The zero-order valence-corrected chi connectivity index (χ0v) is 17.5.